The second kappa shape index (κ2) is 8.83. The molecule has 0 aromatic carbocycles. The molecule has 0 saturated carbocycles. The van der Waals surface area contributed by atoms with Crippen LogP contribution in [0.2, 0.25) is 17.7 Å². The quantitative estimate of drug-likeness (QED) is 0.524. The van der Waals surface area contributed by atoms with Crippen molar-refractivity contribution in [1.29, 1.82) is 0 Å². The summed E-state index contributed by atoms with van der Waals surface area (Å²) >= 11 is -1.61. The van der Waals surface area contributed by atoms with Gasteiger partial charge < -0.3 is 0 Å². The molecule has 1 fully saturated rings. The maximum atomic E-state index is 2.38. The molecule has 1 saturated heterocycles. The van der Waals surface area contributed by atoms with Gasteiger partial charge in [-0.05, 0) is 0 Å². The molecule has 1 aliphatic rings. The SMILES string of the molecule is CCC[CH2][Sn]1([CH2]CCC)[CH2]CCCCC[CH2]1. The van der Waals surface area contributed by atoms with E-state index in [1.54, 1.807) is 56.3 Å². The van der Waals surface area contributed by atoms with Crippen LogP contribution in [-0.4, -0.2) is 18.4 Å². The van der Waals surface area contributed by atoms with Crippen LogP contribution >= 0.6 is 0 Å². The molecule has 0 amide bonds. The fourth-order valence-corrected chi connectivity index (χ4v) is 19.7. The molecule has 16 heavy (non-hydrogen) atoms. The summed E-state index contributed by atoms with van der Waals surface area (Å²) in [5.74, 6) is 0. The summed E-state index contributed by atoms with van der Waals surface area (Å²) in [5, 5.41) is 0. The Morgan fingerprint density at radius 1 is 0.688 bits per heavy atom. The first-order valence-electron chi connectivity index (χ1n) is 7.83. The average Bonchev–Trinajstić information content (AvgIpc) is 2.27. The van der Waals surface area contributed by atoms with Crippen molar-refractivity contribution >= 4 is 18.4 Å². The number of rotatable bonds is 6. The van der Waals surface area contributed by atoms with Gasteiger partial charge in [-0.2, -0.15) is 0 Å². The third kappa shape index (κ3) is 5.42. The Bertz CT molecular complexity index is 139. The van der Waals surface area contributed by atoms with E-state index in [4.69, 9.17) is 0 Å². The van der Waals surface area contributed by atoms with Crippen LogP contribution in [0, 0.1) is 0 Å². The van der Waals surface area contributed by atoms with Crippen molar-refractivity contribution < 1.29 is 0 Å². The van der Waals surface area contributed by atoms with E-state index in [0.717, 1.165) is 0 Å². The van der Waals surface area contributed by atoms with E-state index in [1.807, 2.05) is 0 Å². The van der Waals surface area contributed by atoms with Gasteiger partial charge in [-0.25, -0.2) is 0 Å². The summed E-state index contributed by atoms with van der Waals surface area (Å²) < 4.78 is 6.94. The molecule has 1 heterocycles. The second-order valence-corrected chi connectivity index (χ2v) is 20.2. The third-order valence-electron chi connectivity index (χ3n) is 4.54. The number of hydrogen-bond acceptors (Lipinski definition) is 0. The Labute approximate surface area is 107 Å². The van der Waals surface area contributed by atoms with Gasteiger partial charge in [-0.3, -0.25) is 0 Å². The minimum atomic E-state index is -1.61. The van der Waals surface area contributed by atoms with Crippen molar-refractivity contribution in [3.05, 3.63) is 0 Å². The van der Waals surface area contributed by atoms with Gasteiger partial charge in [0.05, 0.1) is 0 Å². The summed E-state index contributed by atoms with van der Waals surface area (Å²) in [6.45, 7) is 4.75. The molecule has 0 aliphatic carbocycles. The molecule has 0 unspecified atom stereocenters. The van der Waals surface area contributed by atoms with Crippen molar-refractivity contribution in [1.82, 2.24) is 0 Å². The van der Waals surface area contributed by atoms with Gasteiger partial charge >= 0.3 is 108 Å². The van der Waals surface area contributed by atoms with E-state index in [9.17, 15) is 0 Å². The van der Waals surface area contributed by atoms with Gasteiger partial charge in [0.2, 0.25) is 0 Å². The topological polar surface area (TPSA) is 0 Å². The Balaban J connectivity index is 2.49. The summed E-state index contributed by atoms with van der Waals surface area (Å²) in [6, 6.07) is 0. The Hall–Kier alpha value is 0.799. The normalized spacial score (nSPS) is 21.4. The summed E-state index contributed by atoms with van der Waals surface area (Å²) in [6.07, 6.45) is 13.8. The van der Waals surface area contributed by atoms with E-state index in [0.29, 0.717) is 0 Å². The molecular weight excluding hydrogens is 299 g/mol. The molecule has 0 nitrogen and oxygen atoms in total. The maximum absolute atomic E-state index is 2.38. The van der Waals surface area contributed by atoms with Crippen molar-refractivity contribution in [3.63, 3.8) is 0 Å². The molecule has 0 spiro atoms. The van der Waals surface area contributed by atoms with Crippen molar-refractivity contribution in [2.45, 2.75) is 89.4 Å². The monoisotopic (exact) mass is 332 g/mol. The summed E-state index contributed by atoms with van der Waals surface area (Å²) in [4.78, 5) is 0. The van der Waals surface area contributed by atoms with Gasteiger partial charge in [-0.15, -0.1) is 0 Å². The molecule has 0 aromatic heterocycles. The van der Waals surface area contributed by atoms with Crippen LogP contribution in [0.3, 0.4) is 0 Å². The fourth-order valence-electron chi connectivity index (χ4n) is 3.38. The zero-order valence-corrected chi connectivity index (χ0v) is 14.5. The van der Waals surface area contributed by atoms with E-state index in [1.165, 1.54) is 19.3 Å². The van der Waals surface area contributed by atoms with Gasteiger partial charge in [0.1, 0.15) is 0 Å². The molecule has 1 aliphatic heterocycles. The molecule has 0 bridgehead atoms. The Morgan fingerprint density at radius 2 is 1.12 bits per heavy atom. The van der Waals surface area contributed by atoms with Crippen molar-refractivity contribution in [3.8, 4) is 0 Å². The van der Waals surface area contributed by atoms with Gasteiger partial charge in [0, 0.05) is 0 Å². The first-order valence-corrected chi connectivity index (χ1v) is 15.9. The van der Waals surface area contributed by atoms with E-state index >= 15 is 0 Å². The molecule has 0 aromatic rings. The van der Waals surface area contributed by atoms with E-state index in [2.05, 4.69) is 13.8 Å². The molecule has 0 radical (unpaired) electrons. The molecular formula is C15H32Sn. The van der Waals surface area contributed by atoms with E-state index < -0.39 is 18.4 Å². The standard InChI is InChI=1S/C7H14.2C4H9.Sn/c1-3-5-7-6-4-2;2*1-3-4-2;/h1-7H2;2*1,3-4H2,2H3;. The molecule has 1 rings (SSSR count). The van der Waals surface area contributed by atoms with Crippen LogP contribution in [0.4, 0.5) is 0 Å². The first kappa shape index (κ1) is 14.9. The van der Waals surface area contributed by atoms with Gasteiger partial charge in [0.25, 0.3) is 0 Å². The number of unbranched alkanes of at least 4 members (excludes halogenated alkanes) is 2. The van der Waals surface area contributed by atoms with Crippen LogP contribution in [0.15, 0.2) is 0 Å². The fraction of sp³-hybridized carbons (Fsp3) is 1.00. The van der Waals surface area contributed by atoms with E-state index in [-0.39, 0.29) is 0 Å². The first-order chi connectivity index (χ1) is 7.83. The van der Waals surface area contributed by atoms with Crippen molar-refractivity contribution in [2.24, 2.45) is 0 Å². The second-order valence-electron chi connectivity index (χ2n) is 5.97. The van der Waals surface area contributed by atoms with Gasteiger partial charge in [0.15, 0.2) is 0 Å². The van der Waals surface area contributed by atoms with Crippen LogP contribution in [0.5, 0.6) is 0 Å². The number of hydrogen-bond donors (Lipinski definition) is 0. The predicted octanol–water partition coefficient (Wildman–Crippen LogP) is 6.00. The Kier molecular flexibility index (Phi) is 8.20. The third-order valence-corrected chi connectivity index (χ3v) is 20.7. The zero-order valence-electron chi connectivity index (χ0n) is 11.7. The van der Waals surface area contributed by atoms with Crippen molar-refractivity contribution in [2.75, 3.05) is 0 Å². The average molecular weight is 331 g/mol. The summed E-state index contributed by atoms with van der Waals surface area (Å²) in [7, 11) is 0. The zero-order chi connectivity index (χ0) is 11.7. The van der Waals surface area contributed by atoms with Crippen LogP contribution in [0.1, 0.15) is 71.6 Å². The van der Waals surface area contributed by atoms with Crippen LogP contribution in [-0.2, 0) is 0 Å². The molecule has 1 heteroatoms. The minimum absolute atomic E-state index is 1.44. The Morgan fingerprint density at radius 3 is 1.56 bits per heavy atom. The molecule has 0 atom stereocenters. The van der Waals surface area contributed by atoms with Crippen LogP contribution < -0.4 is 0 Å². The van der Waals surface area contributed by atoms with Crippen LogP contribution in [0.25, 0.3) is 0 Å². The molecule has 96 valence electrons. The summed E-state index contributed by atoms with van der Waals surface area (Å²) in [5.41, 5.74) is 0. The molecule has 0 N–H and O–H groups in total. The van der Waals surface area contributed by atoms with Gasteiger partial charge in [-0.1, -0.05) is 0 Å². The predicted molar refractivity (Wildman–Crippen MR) is 77.9 cm³/mol.